The first-order valence-corrected chi connectivity index (χ1v) is 9.36. The summed E-state index contributed by atoms with van der Waals surface area (Å²) < 4.78 is 13.4. The molecule has 0 N–H and O–H groups in total. The van der Waals surface area contributed by atoms with Crippen molar-refractivity contribution in [3.63, 3.8) is 0 Å². The second kappa shape index (κ2) is 6.12. The van der Waals surface area contributed by atoms with E-state index in [0.29, 0.717) is 10.7 Å². The van der Waals surface area contributed by atoms with Crippen molar-refractivity contribution in [1.82, 2.24) is 10.0 Å². The standard InChI is InChI=1S/C20H17ClFN3O2/c21-13-4-8-15(9-5-13)25-19(26)16-17(12-2-6-14(22)7-3-12)23-10-1-11-24(23)18(16)20(25)27/h2-9,16-18H,1,10-11H2/t16-,17-,18-/m1/s1. The second-order valence-corrected chi connectivity index (χ2v) is 7.57. The van der Waals surface area contributed by atoms with Gasteiger partial charge in [0.1, 0.15) is 11.9 Å². The quantitative estimate of drug-likeness (QED) is 0.745. The van der Waals surface area contributed by atoms with Crippen LogP contribution in [0.15, 0.2) is 48.5 Å². The van der Waals surface area contributed by atoms with Gasteiger partial charge >= 0.3 is 0 Å². The minimum Gasteiger partial charge on any atom is -0.274 e. The Hall–Kier alpha value is -2.28. The first-order valence-electron chi connectivity index (χ1n) is 8.98. The molecule has 0 unspecified atom stereocenters. The monoisotopic (exact) mass is 385 g/mol. The summed E-state index contributed by atoms with van der Waals surface area (Å²) in [6.07, 6.45) is 0.934. The summed E-state index contributed by atoms with van der Waals surface area (Å²) >= 11 is 5.94. The minimum absolute atomic E-state index is 0.205. The van der Waals surface area contributed by atoms with E-state index in [0.717, 1.165) is 25.1 Å². The van der Waals surface area contributed by atoms with Gasteiger partial charge in [-0.15, -0.1) is 0 Å². The Kier molecular flexibility index (Phi) is 3.82. The highest BCUT2D eigenvalue weighted by atomic mass is 35.5. The van der Waals surface area contributed by atoms with Crippen LogP contribution in [0.4, 0.5) is 10.1 Å². The van der Waals surface area contributed by atoms with Crippen molar-refractivity contribution in [2.75, 3.05) is 18.0 Å². The van der Waals surface area contributed by atoms with E-state index in [-0.39, 0.29) is 23.7 Å². The van der Waals surface area contributed by atoms with Crippen LogP contribution in [-0.2, 0) is 9.59 Å². The van der Waals surface area contributed by atoms with Crippen LogP contribution in [0.5, 0.6) is 0 Å². The molecule has 0 saturated carbocycles. The highest BCUT2D eigenvalue weighted by Gasteiger charge is 2.62. The predicted octanol–water partition coefficient (Wildman–Crippen LogP) is 3.01. The summed E-state index contributed by atoms with van der Waals surface area (Å²) in [7, 11) is 0. The van der Waals surface area contributed by atoms with Crippen LogP contribution in [0.3, 0.4) is 0 Å². The second-order valence-electron chi connectivity index (χ2n) is 7.14. The molecule has 2 aromatic carbocycles. The molecule has 138 valence electrons. The number of imide groups is 1. The van der Waals surface area contributed by atoms with E-state index in [1.165, 1.54) is 17.0 Å². The summed E-state index contributed by atoms with van der Waals surface area (Å²) in [4.78, 5) is 27.8. The van der Waals surface area contributed by atoms with Gasteiger partial charge in [0.15, 0.2) is 0 Å². The molecule has 3 aliphatic rings. The minimum atomic E-state index is -0.509. The number of anilines is 1. The van der Waals surface area contributed by atoms with E-state index >= 15 is 0 Å². The number of nitrogens with zero attached hydrogens (tertiary/aromatic N) is 3. The van der Waals surface area contributed by atoms with Crippen molar-refractivity contribution < 1.29 is 14.0 Å². The molecule has 0 spiro atoms. The summed E-state index contributed by atoms with van der Waals surface area (Å²) in [5.74, 6) is -1.23. The lowest BCUT2D eigenvalue weighted by Crippen LogP contribution is -2.44. The summed E-state index contributed by atoms with van der Waals surface area (Å²) in [6.45, 7) is 1.53. The molecule has 3 saturated heterocycles. The normalized spacial score (nSPS) is 28.1. The van der Waals surface area contributed by atoms with E-state index in [4.69, 9.17) is 11.6 Å². The van der Waals surface area contributed by atoms with Crippen LogP contribution < -0.4 is 4.90 Å². The SMILES string of the molecule is O=C1[C@@H]2[C@@H](c3ccc(F)cc3)N3CCCN3[C@H]2C(=O)N1c1ccc(Cl)cc1. The third-order valence-corrected chi connectivity index (χ3v) is 5.95. The largest absolute Gasteiger partial charge is 0.274 e. The van der Waals surface area contributed by atoms with Crippen LogP contribution in [0, 0.1) is 11.7 Å². The maximum atomic E-state index is 13.4. The van der Waals surface area contributed by atoms with Crippen molar-refractivity contribution in [2.24, 2.45) is 5.92 Å². The van der Waals surface area contributed by atoms with Gasteiger partial charge in [0.05, 0.1) is 17.6 Å². The van der Waals surface area contributed by atoms with E-state index in [1.807, 2.05) is 5.01 Å². The maximum absolute atomic E-state index is 13.4. The molecule has 3 heterocycles. The number of hydrogen-bond donors (Lipinski definition) is 0. The number of hydrazine groups is 1. The van der Waals surface area contributed by atoms with Gasteiger partial charge in [0.25, 0.3) is 5.91 Å². The van der Waals surface area contributed by atoms with Crippen LogP contribution in [-0.4, -0.2) is 41.0 Å². The molecule has 5 rings (SSSR count). The Morgan fingerprint density at radius 3 is 2.15 bits per heavy atom. The summed E-state index contributed by atoms with van der Waals surface area (Å²) in [5, 5.41) is 4.68. The van der Waals surface area contributed by atoms with E-state index in [2.05, 4.69) is 5.01 Å². The fraction of sp³-hybridized carbons (Fsp3) is 0.300. The number of carbonyl (C=O) groups excluding carboxylic acids is 2. The Balaban J connectivity index is 1.57. The molecule has 0 aromatic heterocycles. The highest BCUT2D eigenvalue weighted by Crippen LogP contribution is 2.48. The Bertz CT molecular complexity index is 918. The van der Waals surface area contributed by atoms with Gasteiger partial charge in [0, 0.05) is 18.1 Å². The number of amides is 2. The lowest BCUT2D eigenvalue weighted by molar-refractivity contribution is -0.126. The van der Waals surface area contributed by atoms with Gasteiger partial charge in [-0.2, -0.15) is 0 Å². The fourth-order valence-corrected chi connectivity index (χ4v) is 4.74. The van der Waals surface area contributed by atoms with Crippen molar-refractivity contribution in [3.05, 3.63) is 64.9 Å². The molecule has 5 nitrogen and oxygen atoms in total. The topological polar surface area (TPSA) is 43.9 Å². The molecule has 2 aromatic rings. The number of halogens is 2. The molecule has 3 fully saturated rings. The average molecular weight is 386 g/mol. The molecule has 3 atom stereocenters. The molecule has 27 heavy (non-hydrogen) atoms. The molecule has 0 aliphatic carbocycles. The van der Waals surface area contributed by atoms with Gasteiger partial charge in [-0.1, -0.05) is 23.7 Å². The van der Waals surface area contributed by atoms with Crippen LogP contribution >= 0.6 is 11.6 Å². The van der Waals surface area contributed by atoms with Crippen molar-refractivity contribution in [2.45, 2.75) is 18.5 Å². The van der Waals surface area contributed by atoms with E-state index in [1.54, 1.807) is 36.4 Å². The maximum Gasteiger partial charge on any atom is 0.253 e. The summed E-state index contributed by atoms with van der Waals surface area (Å²) in [6, 6.07) is 12.2. The number of rotatable bonds is 2. The molecular formula is C20H17ClFN3O2. The average Bonchev–Trinajstić information content (AvgIpc) is 3.30. The Morgan fingerprint density at radius 1 is 0.852 bits per heavy atom. The number of fused-ring (bicyclic) bond motifs is 3. The molecule has 7 heteroatoms. The molecule has 0 bridgehead atoms. The fourth-order valence-electron chi connectivity index (χ4n) is 4.62. The molecule has 2 amide bonds. The van der Waals surface area contributed by atoms with Crippen molar-refractivity contribution >= 4 is 29.1 Å². The highest BCUT2D eigenvalue weighted by molar-refractivity contribution is 6.31. The van der Waals surface area contributed by atoms with Gasteiger partial charge in [-0.25, -0.2) is 19.3 Å². The third-order valence-electron chi connectivity index (χ3n) is 5.70. The Morgan fingerprint density at radius 2 is 1.48 bits per heavy atom. The molecule has 3 aliphatic heterocycles. The third kappa shape index (κ3) is 2.44. The molecular weight excluding hydrogens is 369 g/mol. The first kappa shape index (κ1) is 16.9. The number of hydrogen-bond acceptors (Lipinski definition) is 4. The Labute approximate surface area is 160 Å². The lowest BCUT2D eigenvalue weighted by atomic mass is 9.90. The molecule has 0 radical (unpaired) electrons. The zero-order valence-electron chi connectivity index (χ0n) is 14.4. The predicted molar refractivity (Wildman–Crippen MR) is 98.4 cm³/mol. The van der Waals surface area contributed by atoms with Gasteiger partial charge in [-0.3, -0.25) is 9.59 Å². The van der Waals surface area contributed by atoms with E-state index < -0.39 is 12.0 Å². The van der Waals surface area contributed by atoms with Crippen molar-refractivity contribution in [1.29, 1.82) is 0 Å². The number of carbonyl (C=O) groups is 2. The van der Waals surface area contributed by atoms with Crippen molar-refractivity contribution in [3.8, 4) is 0 Å². The first-order chi connectivity index (χ1) is 13.1. The van der Waals surface area contributed by atoms with Crippen LogP contribution in [0.25, 0.3) is 0 Å². The smallest absolute Gasteiger partial charge is 0.253 e. The zero-order valence-corrected chi connectivity index (χ0v) is 15.1. The van der Waals surface area contributed by atoms with Gasteiger partial charge in [0.2, 0.25) is 5.91 Å². The summed E-state index contributed by atoms with van der Waals surface area (Å²) in [5.41, 5.74) is 1.39. The van der Waals surface area contributed by atoms with Gasteiger partial charge < -0.3 is 0 Å². The van der Waals surface area contributed by atoms with E-state index in [9.17, 15) is 14.0 Å². The van der Waals surface area contributed by atoms with Crippen LogP contribution in [0.2, 0.25) is 5.02 Å². The van der Waals surface area contributed by atoms with Gasteiger partial charge in [-0.05, 0) is 48.4 Å². The van der Waals surface area contributed by atoms with Crippen LogP contribution in [0.1, 0.15) is 18.0 Å². The zero-order chi connectivity index (χ0) is 18.7. The lowest BCUT2D eigenvalue weighted by Gasteiger charge is -2.29. The number of benzene rings is 2.